The SMILES string of the molecule is CCCC1=C(CN)C(=O)CC(C)=C1.CCCC1=C(CNC(=O)c2cc(Cl)cc3c2c(C)c(CCN)n3C(C)C)C(=O)CC(C)=C1.COC(=O)c1cc(Cl)cc2c1c(C)c(CCNC(=O)OC(C)(C)C)n2C(C)C. The first kappa shape index (κ1) is 60.1. The van der Waals surface area contributed by atoms with Crippen LogP contribution in [0.15, 0.2) is 69.9 Å². The standard InChI is InChI=1S/C26H34ClN3O2.C21H29ClN2O4.C11H17NO/c1-6-7-18-10-16(4)11-24(31)21(18)14-29-26(32)20-12-19(27)13-23-25(20)17(5)22(8-9-28)30(23)15(2)3;1-12(2)24-16(8-9-23-20(26)28-21(4,5)6)13(3)18-15(19(25)27-7)10-14(22)11-17(18)24;1-3-4-9-5-8(2)6-11(13)10(9)7-12/h10,12-13,15H,6-9,11,14,28H2,1-5H3,(H,29,32);10-12H,8-9H2,1-7H3,(H,23,26);5H,3-4,6-7,12H2,1-2H3. The molecule has 0 saturated heterocycles. The Kier molecular flexibility index (Phi) is 21.9. The van der Waals surface area contributed by atoms with E-state index in [9.17, 15) is 24.0 Å². The highest BCUT2D eigenvalue weighted by molar-refractivity contribution is 6.32. The third-order valence-electron chi connectivity index (χ3n) is 12.8. The van der Waals surface area contributed by atoms with Crippen molar-refractivity contribution in [1.29, 1.82) is 0 Å². The molecule has 15 heteroatoms. The van der Waals surface area contributed by atoms with Gasteiger partial charge in [-0.05, 0) is 142 Å². The third-order valence-corrected chi connectivity index (χ3v) is 13.2. The van der Waals surface area contributed by atoms with Crippen molar-refractivity contribution >= 4 is 74.5 Å². The largest absolute Gasteiger partial charge is 0.465 e. The second kappa shape index (κ2) is 26.7. The van der Waals surface area contributed by atoms with E-state index < -0.39 is 17.7 Å². The molecule has 4 aromatic rings. The molecule has 0 aliphatic heterocycles. The van der Waals surface area contributed by atoms with E-state index in [1.807, 2.05) is 60.6 Å². The molecule has 6 rings (SSSR count). The quantitative estimate of drug-likeness (QED) is 0.0791. The van der Waals surface area contributed by atoms with Gasteiger partial charge in [-0.3, -0.25) is 14.4 Å². The van der Waals surface area contributed by atoms with Gasteiger partial charge in [0.15, 0.2) is 11.6 Å². The minimum atomic E-state index is -0.543. The number of esters is 1. The van der Waals surface area contributed by atoms with Crippen molar-refractivity contribution in [3.63, 3.8) is 0 Å². The van der Waals surface area contributed by atoms with Crippen LogP contribution in [0.25, 0.3) is 21.8 Å². The summed E-state index contributed by atoms with van der Waals surface area (Å²) in [5.74, 6) is -0.332. The zero-order valence-corrected chi connectivity index (χ0v) is 47.3. The van der Waals surface area contributed by atoms with Crippen LogP contribution in [0.4, 0.5) is 4.79 Å². The fraction of sp³-hybridized carbons (Fsp3) is 0.500. The average molecular weight is 1040 g/mol. The number of ether oxygens (including phenoxy) is 2. The van der Waals surface area contributed by atoms with Gasteiger partial charge in [0.25, 0.3) is 5.91 Å². The number of halogens is 2. The number of carbonyl (C=O) groups is 5. The van der Waals surface area contributed by atoms with Crippen molar-refractivity contribution < 1.29 is 33.4 Å². The van der Waals surface area contributed by atoms with Crippen LogP contribution < -0.4 is 22.1 Å². The normalized spacial score (nSPS) is 14.0. The summed E-state index contributed by atoms with van der Waals surface area (Å²) in [4.78, 5) is 61.8. The van der Waals surface area contributed by atoms with E-state index in [4.69, 9.17) is 44.1 Å². The van der Waals surface area contributed by atoms with Crippen molar-refractivity contribution in [1.82, 2.24) is 19.8 Å². The summed E-state index contributed by atoms with van der Waals surface area (Å²) in [6.07, 6.45) is 9.86. The van der Waals surface area contributed by atoms with E-state index >= 15 is 0 Å². The lowest BCUT2D eigenvalue weighted by Crippen LogP contribution is -2.33. The van der Waals surface area contributed by atoms with Gasteiger partial charge in [-0.1, -0.05) is 73.2 Å². The number of methoxy groups -OCH3 is 1. The Morgan fingerprint density at radius 1 is 0.699 bits per heavy atom. The van der Waals surface area contributed by atoms with Gasteiger partial charge in [-0.15, -0.1) is 0 Å². The summed E-state index contributed by atoms with van der Waals surface area (Å²) < 4.78 is 14.6. The minimum absolute atomic E-state index is 0.0948. The topological polar surface area (TPSA) is 190 Å². The molecular formula is C58H80Cl2N6O7. The van der Waals surface area contributed by atoms with Gasteiger partial charge in [0.1, 0.15) is 5.60 Å². The minimum Gasteiger partial charge on any atom is -0.465 e. The summed E-state index contributed by atoms with van der Waals surface area (Å²) in [5.41, 5.74) is 23.9. The van der Waals surface area contributed by atoms with Crippen LogP contribution in [0.1, 0.15) is 170 Å². The molecule has 398 valence electrons. The fourth-order valence-corrected chi connectivity index (χ4v) is 10.4. The molecular weight excluding hydrogens is 964 g/mol. The van der Waals surface area contributed by atoms with E-state index in [1.165, 1.54) is 7.11 Å². The van der Waals surface area contributed by atoms with Gasteiger partial charge >= 0.3 is 12.1 Å². The van der Waals surface area contributed by atoms with Crippen LogP contribution in [0, 0.1) is 13.8 Å². The number of aromatic nitrogens is 2. The highest BCUT2D eigenvalue weighted by Crippen LogP contribution is 2.36. The monoisotopic (exact) mass is 1040 g/mol. The van der Waals surface area contributed by atoms with Gasteiger partial charge in [0, 0.05) is 101 Å². The average Bonchev–Trinajstić information content (AvgIpc) is 3.73. The zero-order valence-electron chi connectivity index (χ0n) is 45.8. The second-order valence-electron chi connectivity index (χ2n) is 20.6. The molecule has 6 N–H and O–H groups in total. The number of amides is 2. The first-order valence-corrected chi connectivity index (χ1v) is 26.3. The van der Waals surface area contributed by atoms with Crippen molar-refractivity contribution in [2.24, 2.45) is 11.5 Å². The Labute approximate surface area is 443 Å². The summed E-state index contributed by atoms with van der Waals surface area (Å²) in [6.45, 7) is 27.6. The molecule has 73 heavy (non-hydrogen) atoms. The number of nitrogens with zero attached hydrogens (tertiary/aromatic N) is 2. The van der Waals surface area contributed by atoms with Crippen LogP contribution in [0.2, 0.25) is 10.0 Å². The van der Waals surface area contributed by atoms with E-state index in [-0.39, 0.29) is 36.1 Å². The number of rotatable bonds is 16. The number of carbonyl (C=O) groups excluding carboxylic acids is 5. The maximum absolute atomic E-state index is 13.3. The molecule has 2 aliphatic carbocycles. The molecule has 0 atom stereocenters. The van der Waals surface area contributed by atoms with Crippen LogP contribution in [-0.4, -0.2) is 77.6 Å². The lowest BCUT2D eigenvalue weighted by Gasteiger charge is -2.20. The number of Topliss-reactive ketones (excluding diaryl/α,β-unsaturated/α-hetero) is 2. The Bertz CT molecular complexity index is 2850. The number of hydrogen-bond donors (Lipinski definition) is 4. The molecule has 2 amide bonds. The molecule has 2 heterocycles. The predicted molar refractivity (Wildman–Crippen MR) is 298 cm³/mol. The lowest BCUT2D eigenvalue weighted by atomic mass is 9.89. The smallest absolute Gasteiger partial charge is 0.407 e. The number of nitrogens with two attached hydrogens (primary N) is 2. The number of hydrogen-bond acceptors (Lipinski definition) is 9. The molecule has 0 spiro atoms. The molecule has 0 bridgehead atoms. The highest BCUT2D eigenvalue weighted by Gasteiger charge is 2.26. The van der Waals surface area contributed by atoms with Crippen LogP contribution in [-0.2, 0) is 31.9 Å². The number of ketones is 2. The number of allylic oxidation sites excluding steroid dienone is 6. The lowest BCUT2D eigenvalue weighted by molar-refractivity contribution is -0.116. The Morgan fingerprint density at radius 3 is 1.62 bits per heavy atom. The summed E-state index contributed by atoms with van der Waals surface area (Å²) in [7, 11) is 1.36. The Hall–Kier alpha value is -5.47. The van der Waals surface area contributed by atoms with E-state index in [2.05, 4.69) is 73.5 Å². The molecule has 2 aliphatic rings. The van der Waals surface area contributed by atoms with Crippen LogP contribution >= 0.6 is 23.2 Å². The van der Waals surface area contributed by atoms with Crippen LogP contribution in [0.3, 0.4) is 0 Å². The molecule has 0 fully saturated rings. The number of alkyl carbamates (subject to hydrolysis) is 1. The van der Waals surface area contributed by atoms with E-state index in [0.717, 1.165) is 104 Å². The number of aryl methyl sites for hydroxylation is 2. The third kappa shape index (κ3) is 15.1. The van der Waals surface area contributed by atoms with Crippen molar-refractivity contribution in [2.75, 3.05) is 33.3 Å². The van der Waals surface area contributed by atoms with Gasteiger partial charge in [0.05, 0.1) is 29.3 Å². The summed E-state index contributed by atoms with van der Waals surface area (Å²) in [6, 6.07) is 7.49. The van der Waals surface area contributed by atoms with Gasteiger partial charge in [-0.2, -0.15) is 0 Å². The molecule has 0 saturated carbocycles. The van der Waals surface area contributed by atoms with E-state index in [1.54, 1.807) is 12.1 Å². The zero-order chi connectivity index (χ0) is 54.6. The maximum Gasteiger partial charge on any atom is 0.407 e. The predicted octanol–water partition coefficient (Wildman–Crippen LogP) is 12.4. The summed E-state index contributed by atoms with van der Waals surface area (Å²) in [5, 5.41) is 8.51. The number of benzene rings is 2. The first-order chi connectivity index (χ1) is 34.3. The maximum atomic E-state index is 13.3. The van der Waals surface area contributed by atoms with Crippen molar-refractivity contribution in [3.05, 3.63) is 114 Å². The van der Waals surface area contributed by atoms with Crippen molar-refractivity contribution in [3.8, 4) is 0 Å². The number of fused-ring (bicyclic) bond motifs is 2. The van der Waals surface area contributed by atoms with E-state index in [0.29, 0.717) is 65.6 Å². The Balaban J connectivity index is 0.000000257. The highest BCUT2D eigenvalue weighted by atomic mass is 35.5. The van der Waals surface area contributed by atoms with Gasteiger partial charge in [0.2, 0.25) is 0 Å². The molecule has 13 nitrogen and oxygen atoms in total. The van der Waals surface area contributed by atoms with Crippen molar-refractivity contribution in [2.45, 2.75) is 159 Å². The number of nitrogens with one attached hydrogen (secondary N) is 2. The Morgan fingerprint density at radius 2 is 1.16 bits per heavy atom. The first-order valence-electron chi connectivity index (χ1n) is 25.6. The fourth-order valence-electron chi connectivity index (χ4n) is 9.93. The second-order valence-corrected chi connectivity index (χ2v) is 21.4. The van der Waals surface area contributed by atoms with Gasteiger partial charge < -0.3 is 40.7 Å². The molecule has 0 unspecified atom stereocenters. The molecule has 2 aromatic carbocycles. The van der Waals surface area contributed by atoms with Gasteiger partial charge in [-0.25, -0.2) is 9.59 Å². The van der Waals surface area contributed by atoms with Crippen LogP contribution in [0.5, 0.6) is 0 Å². The molecule has 2 aromatic heterocycles. The summed E-state index contributed by atoms with van der Waals surface area (Å²) >= 11 is 12.7. The molecule has 0 radical (unpaired) electrons.